The van der Waals surface area contributed by atoms with Gasteiger partial charge in [0.15, 0.2) is 0 Å². The van der Waals surface area contributed by atoms with Crippen molar-refractivity contribution in [3.63, 3.8) is 0 Å². The topological polar surface area (TPSA) is 64.3 Å². The van der Waals surface area contributed by atoms with Gasteiger partial charge in [0.1, 0.15) is 11.3 Å². The Bertz CT molecular complexity index is 504. The number of amides is 1. The molecule has 0 saturated heterocycles. The fourth-order valence-electron chi connectivity index (χ4n) is 2.84. The van der Waals surface area contributed by atoms with Crippen LogP contribution in [0.1, 0.15) is 38.2 Å². The number of alkyl halides is 2. The van der Waals surface area contributed by atoms with Crippen molar-refractivity contribution in [3.05, 3.63) is 29.8 Å². The molecule has 1 aliphatic carbocycles. The highest BCUT2D eigenvalue weighted by atomic mass is 19.3. The van der Waals surface area contributed by atoms with Gasteiger partial charge < -0.3 is 10.5 Å². The molecule has 21 heavy (non-hydrogen) atoms. The Labute approximate surface area is 122 Å². The van der Waals surface area contributed by atoms with E-state index < -0.39 is 18.1 Å². The van der Waals surface area contributed by atoms with Gasteiger partial charge >= 0.3 is 6.61 Å². The average Bonchev–Trinajstić information content (AvgIpc) is 2.91. The molecule has 2 rings (SSSR count). The highest BCUT2D eigenvalue weighted by Crippen LogP contribution is 2.33. The number of primary amides is 1. The Balaban J connectivity index is 2.34. The third kappa shape index (κ3) is 3.50. The second-order valence-corrected chi connectivity index (χ2v) is 5.49. The van der Waals surface area contributed by atoms with Crippen LogP contribution in [0.15, 0.2) is 24.3 Å². The molecule has 0 radical (unpaired) electrons. The summed E-state index contributed by atoms with van der Waals surface area (Å²) in [4.78, 5) is 12.0. The number of ether oxygens (including phenoxy) is 1. The fraction of sp³-hybridized carbons (Fsp3) is 0.533. The van der Waals surface area contributed by atoms with Crippen molar-refractivity contribution >= 4 is 5.91 Å². The summed E-state index contributed by atoms with van der Waals surface area (Å²) in [5.41, 5.74) is 4.64. The van der Waals surface area contributed by atoms with Crippen molar-refractivity contribution in [3.8, 4) is 5.75 Å². The van der Waals surface area contributed by atoms with E-state index in [1.165, 1.54) is 6.07 Å². The molecule has 0 aromatic heterocycles. The molecule has 116 valence electrons. The van der Waals surface area contributed by atoms with E-state index in [4.69, 9.17) is 5.73 Å². The van der Waals surface area contributed by atoms with Gasteiger partial charge in [0, 0.05) is 11.6 Å². The lowest BCUT2D eigenvalue weighted by Crippen LogP contribution is -2.53. The summed E-state index contributed by atoms with van der Waals surface area (Å²) in [6, 6.07) is 6.41. The van der Waals surface area contributed by atoms with E-state index >= 15 is 0 Å². The molecule has 1 aromatic rings. The molecule has 0 spiro atoms. The van der Waals surface area contributed by atoms with Crippen LogP contribution >= 0.6 is 0 Å². The predicted molar refractivity (Wildman–Crippen MR) is 75.0 cm³/mol. The van der Waals surface area contributed by atoms with E-state index in [0.29, 0.717) is 5.56 Å². The lowest BCUT2D eigenvalue weighted by atomic mass is 9.89. The number of hydrogen-bond acceptors (Lipinski definition) is 3. The van der Waals surface area contributed by atoms with Crippen molar-refractivity contribution in [1.82, 2.24) is 5.32 Å². The van der Waals surface area contributed by atoms with Crippen molar-refractivity contribution in [2.45, 2.75) is 50.8 Å². The third-order valence-corrected chi connectivity index (χ3v) is 3.98. The summed E-state index contributed by atoms with van der Waals surface area (Å²) >= 11 is 0. The van der Waals surface area contributed by atoms with Gasteiger partial charge in [-0.25, -0.2) is 0 Å². The first-order chi connectivity index (χ1) is 9.93. The van der Waals surface area contributed by atoms with E-state index in [0.717, 1.165) is 25.7 Å². The minimum Gasteiger partial charge on any atom is -0.434 e. The van der Waals surface area contributed by atoms with Crippen molar-refractivity contribution in [2.24, 2.45) is 5.73 Å². The summed E-state index contributed by atoms with van der Waals surface area (Å²) in [5, 5.41) is 3.22. The van der Waals surface area contributed by atoms with Crippen LogP contribution < -0.4 is 15.8 Å². The molecular formula is C15H20F2N2O2. The summed E-state index contributed by atoms with van der Waals surface area (Å²) in [5.74, 6) is -0.640. The monoisotopic (exact) mass is 298 g/mol. The molecule has 1 unspecified atom stereocenters. The number of nitrogens with two attached hydrogens (primary N) is 1. The molecule has 1 aliphatic rings. The van der Waals surface area contributed by atoms with Crippen LogP contribution in [-0.4, -0.2) is 18.6 Å². The molecule has 4 nitrogen and oxygen atoms in total. The molecule has 0 bridgehead atoms. The molecule has 6 heteroatoms. The summed E-state index contributed by atoms with van der Waals surface area (Å²) < 4.78 is 29.6. The highest BCUT2D eigenvalue weighted by molar-refractivity contribution is 5.86. The number of halogens is 2. The van der Waals surface area contributed by atoms with Crippen molar-refractivity contribution in [2.75, 3.05) is 0 Å². The molecule has 1 atom stereocenters. The van der Waals surface area contributed by atoms with E-state index in [2.05, 4.69) is 10.1 Å². The maximum absolute atomic E-state index is 12.5. The Hall–Kier alpha value is -1.69. The number of benzene rings is 1. The maximum atomic E-state index is 12.5. The van der Waals surface area contributed by atoms with Gasteiger partial charge in [-0.2, -0.15) is 8.78 Å². The Kier molecular flexibility index (Phi) is 4.77. The molecule has 0 heterocycles. The van der Waals surface area contributed by atoms with Crippen LogP contribution in [0.4, 0.5) is 8.78 Å². The quantitative estimate of drug-likeness (QED) is 0.848. The average molecular weight is 298 g/mol. The number of rotatable bonds is 6. The largest absolute Gasteiger partial charge is 0.434 e. The molecular weight excluding hydrogens is 278 g/mol. The molecule has 1 fully saturated rings. The first-order valence-corrected chi connectivity index (χ1v) is 7.05. The second kappa shape index (κ2) is 6.39. The van der Waals surface area contributed by atoms with Crippen LogP contribution in [0.25, 0.3) is 0 Å². The van der Waals surface area contributed by atoms with E-state index in [-0.39, 0.29) is 11.8 Å². The van der Waals surface area contributed by atoms with Gasteiger partial charge in [0.2, 0.25) is 5.91 Å². The predicted octanol–water partition coefficient (Wildman–Crippen LogP) is 2.52. The summed E-state index contributed by atoms with van der Waals surface area (Å²) in [6.45, 7) is -1.34. The van der Waals surface area contributed by atoms with Gasteiger partial charge in [-0.15, -0.1) is 0 Å². The van der Waals surface area contributed by atoms with Gasteiger partial charge in [-0.3, -0.25) is 10.1 Å². The zero-order valence-electron chi connectivity index (χ0n) is 11.9. The van der Waals surface area contributed by atoms with E-state index in [1.807, 2.05) is 0 Å². The Morgan fingerprint density at radius 1 is 1.38 bits per heavy atom. The zero-order valence-corrected chi connectivity index (χ0v) is 11.9. The Morgan fingerprint density at radius 3 is 2.57 bits per heavy atom. The van der Waals surface area contributed by atoms with Crippen molar-refractivity contribution < 1.29 is 18.3 Å². The molecule has 1 saturated carbocycles. The highest BCUT2D eigenvalue weighted by Gasteiger charge is 2.38. The third-order valence-electron chi connectivity index (χ3n) is 3.98. The van der Waals surface area contributed by atoms with Crippen molar-refractivity contribution in [1.29, 1.82) is 0 Å². The van der Waals surface area contributed by atoms with Gasteiger partial charge in [-0.1, -0.05) is 31.0 Å². The van der Waals surface area contributed by atoms with Crippen LogP contribution in [0.2, 0.25) is 0 Å². The van der Waals surface area contributed by atoms with E-state index in [9.17, 15) is 13.6 Å². The minimum atomic E-state index is -2.95. The SMILES string of the molecule is CC(NC1CCCC1)(C(N)=O)c1ccccc1OC(F)F. The van der Waals surface area contributed by atoms with Crippen LogP contribution in [0, 0.1) is 0 Å². The van der Waals surface area contributed by atoms with Gasteiger partial charge in [0.25, 0.3) is 0 Å². The second-order valence-electron chi connectivity index (χ2n) is 5.49. The minimum absolute atomic E-state index is 0.0284. The number of para-hydroxylation sites is 1. The number of hydrogen-bond donors (Lipinski definition) is 2. The summed E-state index contributed by atoms with van der Waals surface area (Å²) in [6.07, 6.45) is 4.06. The lowest BCUT2D eigenvalue weighted by Gasteiger charge is -2.32. The van der Waals surface area contributed by atoms with E-state index in [1.54, 1.807) is 25.1 Å². The van der Waals surface area contributed by atoms with Crippen LogP contribution in [0.3, 0.4) is 0 Å². The number of carbonyl (C=O) groups excluding carboxylic acids is 1. The molecule has 1 aromatic carbocycles. The molecule has 1 amide bonds. The van der Waals surface area contributed by atoms with Crippen LogP contribution in [-0.2, 0) is 10.3 Å². The Morgan fingerprint density at radius 2 is 2.00 bits per heavy atom. The molecule has 0 aliphatic heterocycles. The lowest BCUT2D eigenvalue weighted by molar-refractivity contribution is -0.124. The molecule has 3 N–H and O–H groups in total. The maximum Gasteiger partial charge on any atom is 0.387 e. The van der Waals surface area contributed by atoms with Gasteiger partial charge in [0.05, 0.1) is 0 Å². The van der Waals surface area contributed by atoms with Gasteiger partial charge in [-0.05, 0) is 25.8 Å². The smallest absolute Gasteiger partial charge is 0.387 e. The summed E-state index contributed by atoms with van der Waals surface area (Å²) in [7, 11) is 0. The normalized spacial score (nSPS) is 18.7. The first kappa shape index (κ1) is 15.7. The number of nitrogens with one attached hydrogen (secondary N) is 1. The fourth-order valence-corrected chi connectivity index (χ4v) is 2.84. The number of carbonyl (C=O) groups is 1. The zero-order chi connectivity index (χ0) is 15.5. The standard InChI is InChI=1S/C15H20F2N2O2/c1-15(13(18)20,19-10-6-2-3-7-10)11-8-4-5-9-12(11)21-14(16)17/h4-5,8-10,14,19H,2-3,6-7H2,1H3,(H2,18,20). The van der Waals surface area contributed by atoms with Crippen LogP contribution in [0.5, 0.6) is 5.75 Å². The first-order valence-electron chi connectivity index (χ1n) is 7.05.